The second-order valence-corrected chi connectivity index (χ2v) is 3.88. The Hall–Kier alpha value is -1.25. The molecule has 0 saturated heterocycles. The normalized spacial score (nSPS) is 9.14. The van der Waals surface area contributed by atoms with Crippen molar-refractivity contribution in [1.82, 2.24) is 6.15 Å². The monoisotopic (exact) mass is 203 g/mol. The van der Waals surface area contributed by atoms with Gasteiger partial charge in [0.1, 0.15) is 0 Å². The summed E-state index contributed by atoms with van der Waals surface area (Å²) in [6.45, 7) is 0. The van der Waals surface area contributed by atoms with Crippen molar-refractivity contribution in [3.05, 3.63) is 60.7 Å². The molecule has 0 aliphatic carbocycles. The van der Waals surface area contributed by atoms with Crippen molar-refractivity contribution in [1.29, 1.82) is 0 Å². The number of hydrogen-bond donors (Lipinski definition) is 1. The van der Waals surface area contributed by atoms with E-state index >= 15 is 0 Å². The van der Waals surface area contributed by atoms with Gasteiger partial charge in [-0.25, -0.2) is 0 Å². The number of hydrogen-bond acceptors (Lipinski definition) is 2. The quantitative estimate of drug-likeness (QED) is 0.800. The summed E-state index contributed by atoms with van der Waals surface area (Å²) >= 11 is 1.79. The summed E-state index contributed by atoms with van der Waals surface area (Å²) in [6.07, 6.45) is 0. The van der Waals surface area contributed by atoms with E-state index in [1.807, 2.05) is 12.1 Å². The van der Waals surface area contributed by atoms with E-state index in [1.54, 1.807) is 11.8 Å². The van der Waals surface area contributed by atoms with E-state index in [-0.39, 0.29) is 6.15 Å². The first kappa shape index (κ1) is 10.8. The Balaban J connectivity index is 0.000000980. The lowest BCUT2D eigenvalue weighted by atomic mass is 10.4. The molecule has 0 aliphatic heterocycles. The van der Waals surface area contributed by atoms with Gasteiger partial charge in [0.05, 0.1) is 0 Å². The summed E-state index contributed by atoms with van der Waals surface area (Å²) in [4.78, 5) is 2.57. The van der Waals surface area contributed by atoms with Crippen molar-refractivity contribution in [2.75, 3.05) is 0 Å². The topological polar surface area (TPSA) is 35.0 Å². The van der Waals surface area contributed by atoms with Crippen molar-refractivity contribution in [3.8, 4) is 0 Å². The molecular formula is C12H13NS. The molecule has 0 aliphatic rings. The Labute approximate surface area is 88.7 Å². The molecule has 2 aromatic rings. The molecule has 3 N–H and O–H groups in total. The summed E-state index contributed by atoms with van der Waals surface area (Å²) in [7, 11) is 0. The first-order chi connectivity index (χ1) is 6.45. The van der Waals surface area contributed by atoms with Gasteiger partial charge in [0, 0.05) is 9.79 Å². The lowest BCUT2D eigenvalue weighted by Gasteiger charge is -1.99. The van der Waals surface area contributed by atoms with Crippen molar-refractivity contribution in [2.45, 2.75) is 9.79 Å². The van der Waals surface area contributed by atoms with Crippen molar-refractivity contribution in [2.24, 2.45) is 0 Å². The molecule has 0 bridgehead atoms. The molecule has 0 amide bonds. The highest BCUT2D eigenvalue weighted by molar-refractivity contribution is 7.99. The van der Waals surface area contributed by atoms with Crippen LogP contribution < -0.4 is 6.15 Å². The van der Waals surface area contributed by atoms with Gasteiger partial charge >= 0.3 is 0 Å². The molecule has 0 fully saturated rings. The molecule has 0 radical (unpaired) electrons. The van der Waals surface area contributed by atoms with Gasteiger partial charge in [-0.15, -0.1) is 0 Å². The van der Waals surface area contributed by atoms with Crippen LogP contribution in [0.1, 0.15) is 0 Å². The van der Waals surface area contributed by atoms with Crippen LogP contribution >= 0.6 is 11.8 Å². The lowest BCUT2D eigenvalue weighted by molar-refractivity contribution is 1.41. The largest absolute Gasteiger partial charge is 0.344 e. The SMILES string of the molecule is N.c1ccc(Sc2ccccc2)cc1. The molecule has 0 spiro atoms. The maximum Gasteiger partial charge on any atom is 0.0122 e. The zero-order valence-electron chi connectivity index (χ0n) is 7.89. The van der Waals surface area contributed by atoms with Gasteiger partial charge in [0.25, 0.3) is 0 Å². The van der Waals surface area contributed by atoms with E-state index in [1.165, 1.54) is 9.79 Å². The molecule has 2 rings (SSSR count). The second-order valence-electron chi connectivity index (χ2n) is 2.73. The third-order valence-electron chi connectivity index (χ3n) is 1.72. The van der Waals surface area contributed by atoms with Gasteiger partial charge in [-0.1, -0.05) is 48.2 Å². The van der Waals surface area contributed by atoms with Crippen LogP contribution in [0.5, 0.6) is 0 Å². The Bertz CT molecular complexity index is 321. The smallest absolute Gasteiger partial charge is 0.0122 e. The minimum Gasteiger partial charge on any atom is -0.344 e. The Morgan fingerprint density at radius 3 is 1.29 bits per heavy atom. The molecule has 0 saturated carbocycles. The second kappa shape index (κ2) is 5.47. The Morgan fingerprint density at radius 2 is 0.929 bits per heavy atom. The average Bonchev–Trinajstić information content (AvgIpc) is 2.21. The van der Waals surface area contributed by atoms with Crippen LogP contribution in [0.2, 0.25) is 0 Å². The van der Waals surface area contributed by atoms with E-state index in [2.05, 4.69) is 48.5 Å². The van der Waals surface area contributed by atoms with Gasteiger partial charge in [-0.2, -0.15) is 0 Å². The van der Waals surface area contributed by atoms with Gasteiger partial charge in [-0.05, 0) is 24.3 Å². The van der Waals surface area contributed by atoms with Gasteiger partial charge in [0.15, 0.2) is 0 Å². The van der Waals surface area contributed by atoms with E-state index in [9.17, 15) is 0 Å². The molecule has 14 heavy (non-hydrogen) atoms. The van der Waals surface area contributed by atoms with Crippen molar-refractivity contribution in [3.63, 3.8) is 0 Å². The van der Waals surface area contributed by atoms with Crippen molar-refractivity contribution >= 4 is 11.8 Å². The lowest BCUT2D eigenvalue weighted by Crippen LogP contribution is -1.70. The third-order valence-corrected chi connectivity index (χ3v) is 2.74. The summed E-state index contributed by atoms with van der Waals surface area (Å²) < 4.78 is 0. The highest BCUT2D eigenvalue weighted by atomic mass is 32.2. The Morgan fingerprint density at radius 1 is 0.571 bits per heavy atom. The molecule has 0 atom stereocenters. The van der Waals surface area contributed by atoms with E-state index < -0.39 is 0 Å². The molecule has 72 valence electrons. The molecular weight excluding hydrogens is 190 g/mol. The van der Waals surface area contributed by atoms with Crippen LogP contribution in [0.4, 0.5) is 0 Å². The zero-order chi connectivity index (χ0) is 8.93. The first-order valence-electron chi connectivity index (χ1n) is 4.23. The maximum atomic E-state index is 2.12. The van der Waals surface area contributed by atoms with Crippen molar-refractivity contribution < 1.29 is 0 Å². The standard InChI is InChI=1S/C12H10S.H3N/c1-3-7-11(8-4-1)13-12-9-5-2-6-10-12;/h1-10H;1H3. The zero-order valence-corrected chi connectivity index (χ0v) is 8.71. The Kier molecular flexibility index (Phi) is 4.23. The molecule has 1 nitrogen and oxygen atoms in total. The predicted octanol–water partition coefficient (Wildman–Crippen LogP) is 4.00. The maximum absolute atomic E-state index is 2.12. The molecule has 0 aromatic heterocycles. The van der Waals surface area contributed by atoms with E-state index in [0.29, 0.717) is 0 Å². The van der Waals surface area contributed by atoms with E-state index in [4.69, 9.17) is 0 Å². The summed E-state index contributed by atoms with van der Waals surface area (Å²) in [5.74, 6) is 0. The fourth-order valence-electron chi connectivity index (χ4n) is 1.11. The third kappa shape index (κ3) is 2.91. The fraction of sp³-hybridized carbons (Fsp3) is 0. The minimum absolute atomic E-state index is 0. The number of benzene rings is 2. The van der Waals surface area contributed by atoms with Crippen LogP contribution in [0.15, 0.2) is 70.5 Å². The molecule has 2 heteroatoms. The van der Waals surface area contributed by atoms with E-state index in [0.717, 1.165) is 0 Å². The highest BCUT2D eigenvalue weighted by Gasteiger charge is 1.93. The van der Waals surface area contributed by atoms with Crippen LogP contribution in [-0.4, -0.2) is 0 Å². The molecule has 2 aromatic carbocycles. The van der Waals surface area contributed by atoms with Crippen LogP contribution in [0.3, 0.4) is 0 Å². The van der Waals surface area contributed by atoms with Gasteiger partial charge < -0.3 is 6.15 Å². The molecule has 0 unspecified atom stereocenters. The average molecular weight is 203 g/mol. The van der Waals surface area contributed by atoms with Gasteiger partial charge in [-0.3, -0.25) is 0 Å². The highest BCUT2D eigenvalue weighted by Crippen LogP contribution is 2.26. The predicted molar refractivity (Wildman–Crippen MR) is 62.0 cm³/mol. The summed E-state index contributed by atoms with van der Waals surface area (Å²) in [5.41, 5.74) is 0. The van der Waals surface area contributed by atoms with Crippen LogP contribution in [0.25, 0.3) is 0 Å². The summed E-state index contributed by atoms with van der Waals surface area (Å²) in [5, 5.41) is 0. The van der Waals surface area contributed by atoms with Crippen LogP contribution in [0, 0.1) is 0 Å². The summed E-state index contributed by atoms with van der Waals surface area (Å²) in [6, 6.07) is 20.8. The van der Waals surface area contributed by atoms with Crippen LogP contribution in [-0.2, 0) is 0 Å². The molecule has 0 heterocycles. The fourth-order valence-corrected chi connectivity index (χ4v) is 1.97. The van der Waals surface area contributed by atoms with Gasteiger partial charge in [0.2, 0.25) is 0 Å². The minimum atomic E-state index is 0. The number of rotatable bonds is 2. The first-order valence-corrected chi connectivity index (χ1v) is 5.05.